The first-order valence-corrected chi connectivity index (χ1v) is 6.27. The van der Waals surface area contributed by atoms with Crippen molar-refractivity contribution >= 4 is 0 Å². The Kier molecular flexibility index (Phi) is 4.24. The zero-order chi connectivity index (χ0) is 12.8. The highest BCUT2D eigenvalue weighted by Gasteiger charge is 1.98. The second-order valence-electron chi connectivity index (χ2n) is 4.35. The molecule has 0 atom stereocenters. The molecule has 0 saturated heterocycles. The zero-order valence-corrected chi connectivity index (χ0v) is 10.6. The predicted octanol–water partition coefficient (Wildman–Crippen LogP) is 3.92. The maximum absolute atomic E-state index is 9.18. The van der Waals surface area contributed by atoms with Crippen molar-refractivity contribution in [2.45, 2.75) is 26.4 Å². The SMILES string of the molecule is CCCc1cccc(COc2ccc(O)cc2)c1. The molecule has 0 spiro atoms. The van der Waals surface area contributed by atoms with E-state index >= 15 is 0 Å². The summed E-state index contributed by atoms with van der Waals surface area (Å²) in [4.78, 5) is 0. The van der Waals surface area contributed by atoms with E-state index in [1.807, 2.05) is 0 Å². The Morgan fingerprint density at radius 1 is 1.00 bits per heavy atom. The van der Waals surface area contributed by atoms with Gasteiger partial charge in [-0.3, -0.25) is 0 Å². The highest BCUT2D eigenvalue weighted by Crippen LogP contribution is 2.17. The predicted molar refractivity (Wildman–Crippen MR) is 72.9 cm³/mol. The summed E-state index contributed by atoms with van der Waals surface area (Å²) in [6, 6.07) is 15.3. The van der Waals surface area contributed by atoms with Crippen molar-refractivity contribution in [3.05, 3.63) is 59.7 Å². The summed E-state index contributed by atoms with van der Waals surface area (Å²) in [6.07, 6.45) is 2.26. The molecule has 0 heterocycles. The zero-order valence-electron chi connectivity index (χ0n) is 10.6. The van der Waals surface area contributed by atoms with Crippen LogP contribution in [0.4, 0.5) is 0 Å². The minimum Gasteiger partial charge on any atom is -0.508 e. The summed E-state index contributed by atoms with van der Waals surface area (Å²) in [5, 5.41) is 9.18. The van der Waals surface area contributed by atoms with E-state index in [4.69, 9.17) is 4.74 Å². The average Bonchev–Trinajstić information content (AvgIpc) is 2.39. The smallest absolute Gasteiger partial charge is 0.120 e. The second kappa shape index (κ2) is 6.10. The van der Waals surface area contributed by atoms with Crippen molar-refractivity contribution in [3.8, 4) is 11.5 Å². The summed E-state index contributed by atoms with van der Waals surface area (Å²) in [7, 11) is 0. The van der Waals surface area contributed by atoms with Gasteiger partial charge in [0.05, 0.1) is 0 Å². The molecule has 0 bridgehead atoms. The molecule has 2 aromatic rings. The van der Waals surface area contributed by atoms with E-state index in [1.54, 1.807) is 24.3 Å². The molecule has 0 radical (unpaired) electrons. The van der Waals surface area contributed by atoms with Crippen LogP contribution in [0.5, 0.6) is 11.5 Å². The fourth-order valence-corrected chi connectivity index (χ4v) is 1.87. The van der Waals surface area contributed by atoms with Crippen LogP contribution in [0, 0.1) is 0 Å². The van der Waals surface area contributed by atoms with E-state index in [-0.39, 0.29) is 5.75 Å². The Morgan fingerprint density at radius 2 is 1.72 bits per heavy atom. The second-order valence-corrected chi connectivity index (χ2v) is 4.35. The molecule has 0 aliphatic carbocycles. The van der Waals surface area contributed by atoms with Gasteiger partial charge in [0.1, 0.15) is 18.1 Å². The first kappa shape index (κ1) is 12.5. The van der Waals surface area contributed by atoms with Gasteiger partial charge in [0.25, 0.3) is 0 Å². The van der Waals surface area contributed by atoms with E-state index in [1.165, 1.54) is 11.1 Å². The summed E-state index contributed by atoms with van der Waals surface area (Å²) in [5.74, 6) is 1.03. The fourth-order valence-electron chi connectivity index (χ4n) is 1.87. The van der Waals surface area contributed by atoms with Crippen molar-refractivity contribution in [1.82, 2.24) is 0 Å². The maximum Gasteiger partial charge on any atom is 0.120 e. The van der Waals surface area contributed by atoms with Crippen molar-refractivity contribution in [3.63, 3.8) is 0 Å². The summed E-state index contributed by atoms with van der Waals surface area (Å²) in [5.41, 5.74) is 2.53. The van der Waals surface area contributed by atoms with Crippen LogP contribution in [0.2, 0.25) is 0 Å². The first-order valence-electron chi connectivity index (χ1n) is 6.27. The van der Waals surface area contributed by atoms with Crippen LogP contribution < -0.4 is 4.74 Å². The fraction of sp³-hybridized carbons (Fsp3) is 0.250. The summed E-state index contributed by atoms with van der Waals surface area (Å²) >= 11 is 0. The Labute approximate surface area is 108 Å². The lowest BCUT2D eigenvalue weighted by Gasteiger charge is -2.07. The van der Waals surface area contributed by atoms with Crippen molar-refractivity contribution in [2.24, 2.45) is 0 Å². The average molecular weight is 242 g/mol. The molecule has 0 aromatic heterocycles. The number of phenols is 1. The highest BCUT2D eigenvalue weighted by atomic mass is 16.5. The van der Waals surface area contributed by atoms with Gasteiger partial charge in [-0.1, -0.05) is 37.6 Å². The quantitative estimate of drug-likeness (QED) is 0.861. The van der Waals surface area contributed by atoms with Gasteiger partial charge in [0.15, 0.2) is 0 Å². The number of benzene rings is 2. The van der Waals surface area contributed by atoms with Crippen molar-refractivity contribution < 1.29 is 9.84 Å². The molecule has 0 aliphatic heterocycles. The molecule has 94 valence electrons. The Balaban J connectivity index is 1.97. The number of hydrogen-bond donors (Lipinski definition) is 1. The van der Waals surface area contributed by atoms with Crippen LogP contribution in [0.25, 0.3) is 0 Å². The van der Waals surface area contributed by atoms with Gasteiger partial charge >= 0.3 is 0 Å². The van der Waals surface area contributed by atoms with E-state index in [0.29, 0.717) is 6.61 Å². The van der Waals surface area contributed by atoms with Crippen LogP contribution >= 0.6 is 0 Å². The third-order valence-electron chi connectivity index (χ3n) is 2.77. The Morgan fingerprint density at radius 3 is 2.44 bits per heavy atom. The molecule has 0 fully saturated rings. The minimum absolute atomic E-state index is 0.257. The molecule has 18 heavy (non-hydrogen) atoms. The number of hydrogen-bond acceptors (Lipinski definition) is 2. The number of aromatic hydroxyl groups is 1. The molecule has 2 heteroatoms. The molecule has 2 aromatic carbocycles. The van der Waals surface area contributed by atoms with Gasteiger partial charge in [-0.15, -0.1) is 0 Å². The van der Waals surface area contributed by atoms with Crippen LogP contribution in [-0.2, 0) is 13.0 Å². The normalized spacial score (nSPS) is 10.3. The molecule has 0 aliphatic rings. The first-order chi connectivity index (χ1) is 8.78. The summed E-state index contributed by atoms with van der Waals surface area (Å²) < 4.78 is 5.67. The topological polar surface area (TPSA) is 29.5 Å². The Hall–Kier alpha value is -1.96. The van der Waals surface area contributed by atoms with Gasteiger partial charge in [0.2, 0.25) is 0 Å². The standard InChI is InChI=1S/C16H18O2/c1-2-4-13-5-3-6-14(11-13)12-18-16-9-7-15(17)8-10-16/h3,5-11,17H,2,4,12H2,1H3. The number of aryl methyl sites for hydroxylation is 1. The lowest BCUT2D eigenvalue weighted by atomic mass is 10.1. The Bertz CT molecular complexity index is 489. The lowest BCUT2D eigenvalue weighted by Crippen LogP contribution is -1.96. The third-order valence-corrected chi connectivity index (χ3v) is 2.77. The van der Waals surface area contributed by atoms with E-state index in [2.05, 4.69) is 31.2 Å². The van der Waals surface area contributed by atoms with Crippen LogP contribution in [0.3, 0.4) is 0 Å². The molecule has 0 saturated carbocycles. The van der Waals surface area contributed by atoms with Crippen molar-refractivity contribution in [1.29, 1.82) is 0 Å². The van der Waals surface area contributed by atoms with Gasteiger partial charge in [-0.05, 0) is 41.8 Å². The summed E-state index contributed by atoms with van der Waals surface area (Å²) in [6.45, 7) is 2.74. The van der Waals surface area contributed by atoms with Crippen molar-refractivity contribution in [2.75, 3.05) is 0 Å². The molecular formula is C16H18O2. The highest BCUT2D eigenvalue weighted by molar-refractivity contribution is 5.30. The van der Waals surface area contributed by atoms with Crippen LogP contribution in [0.1, 0.15) is 24.5 Å². The number of ether oxygens (including phenoxy) is 1. The van der Waals surface area contributed by atoms with Crippen LogP contribution in [-0.4, -0.2) is 5.11 Å². The minimum atomic E-state index is 0.257. The number of phenolic OH excluding ortho intramolecular Hbond substituents is 1. The monoisotopic (exact) mass is 242 g/mol. The molecule has 0 unspecified atom stereocenters. The molecule has 2 nitrogen and oxygen atoms in total. The van der Waals surface area contributed by atoms with E-state index in [0.717, 1.165) is 18.6 Å². The number of rotatable bonds is 5. The molecule has 0 amide bonds. The van der Waals surface area contributed by atoms with Gasteiger partial charge in [0, 0.05) is 0 Å². The van der Waals surface area contributed by atoms with E-state index < -0.39 is 0 Å². The largest absolute Gasteiger partial charge is 0.508 e. The third kappa shape index (κ3) is 3.52. The molecule has 1 N–H and O–H groups in total. The van der Waals surface area contributed by atoms with Gasteiger partial charge in [-0.25, -0.2) is 0 Å². The maximum atomic E-state index is 9.18. The van der Waals surface area contributed by atoms with Gasteiger partial charge in [-0.2, -0.15) is 0 Å². The lowest BCUT2D eigenvalue weighted by molar-refractivity contribution is 0.305. The van der Waals surface area contributed by atoms with E-state index in [9.17, 15) is 5.11 Å². The molecule has 2 rings (SSSR count). The molecular weight excluding hydrogens is 224 g/mol. The van der Waals surface area contributed by atoms with Gasteiger partial charge < -0.3 is 9.84 Å². The van der Waals surface area contributed by atoms with Crippen LogP contribution in [0.15, 0.2) is 48.5 Å².